The standard InChI is InChI=1S/C42H72NO11P/c1-3-5-7-9-11-12-13-14-15-16-17-18-19-23-27-31-40(44)50-33-36(34-51-55(48,49)52-35-37(43)42(46)47)53-41(45)32-28-24-20-22-26-30-39-38(54-39)29-25-21-10-8-6-4-2/h11-12,14-15,17-18,21,25,36-39H,3-10,13,16,19-20,22-24,26-35,43H2,1-2H3,(H,46,47)(H,48,49)/b12-11-,15-14-,18-17-,25-21-/t36-,37+,38?,39?/m1/s1. The molecule has 4 N–H and O–H groups in total. The van der Waals surface area contributed by atoms with Crippen LogP contribution in [0.15, 0.2) is 48.6 Å². The van der Waals surface area contributed by atoms with E-state index < -0.39 is 51.1 Å². The number of carbonyl (C=O) groups excluding carboxylic acids is 2. The minimum absolute atomic E-state index is 0.128. The van der Waals surface area contributed by atoms with Crippen LogP contribution in [0, 0.1) is 0 Å². The molecular formula is C42H72NO11P. The summed E-state index contributed by atoms with van der Waals surface area (Å²) in [4.78, 5) is 45.9. The summed E-state index contributed by atoms with van der Waals surface area (Å²) in [7, 11) is -4.73. The smallest absolute Gasteiger partial charge is 0.472 e. The second kappa shape index (κ2) is 33.5. The number of carboxylic acid groups (broad SMARTS) is 1. The van der Waals surface area contributed by atoms with Gasteiger partial charge in [-0.1, -0.05) is 114 Å². The maximum atomic E-state index is 12.6. The van der Waals surface area contributed by atoms with Gasteiger partial charge >= 0.3 is 25.7 Å². The molecule has 5 atom stereocenters. The van der Waals surface area contributed by atoms with Crippen LogP contribution in [0.2, 0.25) is 0 Å². The topological polar surface area (TPSA) is 184 Å². The molecule has 1 aliphatic heterocycles. The van der Waals surface area contributed by atoms with Gasteiger partial charge in [-0.2, -0.15) is 0 Å². The highest BCUT2D eigenvalue weighted by Crippen LogP contribution is 2.43. The van der Waals surface area contributed by atoms with Gasteiger partial charge in [-0.3, -0.25) is 23.4 Å². The summed E-state index contributed by atoms with van der Waals surface area (Å²) in [6.07, 6.45) is 37.7. The number of carbonyl (C=O) groups is 3. The van der Waals surface area contributed by atoms with Crippen molar-refractivity contribution in [1.29, 1.82) is 0 Å². The Labute approximate surface area is 330 Å². The number of carboxylic acids is 1. The van der Waals surface area contributed by atoms with E-state index in [9.17, 15) is 23.8 Å². The minimum Gasteiger partial charge on any atom is -0.480 e. The molecule has 316 valence electrons. The number of unbranched alkanes of at least 4 members (excludes halogenated alkanes) is 12. The normalized spacial score (nSPS) is 18.0. The number of hydrogen-bond donors (Lipinski definition) is 3. The van der Waals surface area contributed by atoms with Crippen molar-refractivity contribution in [3.8, 4) is 0 Å². The van der Waals surface area contributed by atoms with E-state index in [1.165, 1.54) is 38.5 Å². The molecule has 0 aliphatic carbocycles. The number of phosphoric acid groups is 1. The van der Waals surface area contributed by atoms with Crippen LogP contribution < -0.4 is 5.73 Å². The average Bonchev–Trinajstić information content (AvgIpc) is 3.91. The van der Waals surface area contributed by atoms with E-state index in [0.29, 0.717) is 25.0 Å². The number of hydrogen-bond acceptors (Lipinski definition) is 10. The van der Waals surface area contributed by atoms with Crippen LogP contribution in [-0.2, 0) is 42.2 Å². The molecule has 12 nitrogen and oxygen atoms in total. The quantitative estimate of drug-likeness (QED) is 0.0178. The number of phosphoric ester groups is 1. The molecule has 1 fully saturated rings. The van der Waals surface area contributed by atoms with E-state index in [4.69, 9.17) is 29.6 Å². The zero-order valence-electron chi connectivity index (χ0n) is 33.7. The highest BCUT2D eigenvalue weighted by Gasteiger charge is 2.36. The SMILES string of the molecule is CCCCC/C=C\C/C=C\C/C=C\CCCCC(=O)OC[C@H](COP(=O)(O)OC[C@H](N)C(=O)O)OC(=O)CCCCCCCC1OC1C/C=C\CCCCC. The fraction of sp³-hybridized carbons (Fsp3) is 0.738. The summed E-state index contributed by atoms with van der Waals surface area (Å²) in [5.41, 5.74) is 5.32. The summed E-state index contributed by atoms with van der Waals surface area (Å²) >= 11 is 0. The molecule has 0 aromatic heterocycles. The van der Waals surface area contributed by atoms with Crippen LogP contribution in [0.3, 0.4) is 0 Å². The lowest BCUT2D eigenvalue weighted by Gasteiger charge is -2.20. The van der Waals surface area contributed by atoms with E-state index in [1.807, 2.05) is 0 Å². The van der Waals surface area contributed by atoms with Gasteiger partial charge in [0.25, 0.3) is 0 Å². The molecule has 1 rings (SSSR count). The molecule has 3 unspecified atom stereocenters. The van der Waals surface area contributed by atoms with Crippen LogP contribution in [-0.4, -0.2) is 72.1 Å². The predicted octanol–water partition coefficient (Wildman–Crippen LogP) is 9.60. The van der Waals surface area contributed by atoms with Gasteiger partial charge in [0.1, 0.15) is 12.6 Å². The third kappa shape index (κ3) is 31.2. The second-order valence-electron chi connectivity index (χ2n) is 14.1. The molecule has 0 aromatic rings. The highest BCUT2D eigenvalue weighted by molar-refractivity contribution is 7.47. The van der Waals surface area contributed by atoms with Gasteiger partial charge in [0.05, 0.1) is 25.4 Å². The Morgan fingerprint density at radius 1 is 0.673 bits per heavy atom. The average molecular weight is 798 g/mol. The highest BCUT2D eigenvalue weighted by atomic mass is 31.2. The summed E-state index contributed by atoms with van der Waals surface area (Å²) in [5.74, 6) is -2.46. The molecular weight excluding hydrogens is 725 g/mol. The first-order valence-corrected chi connectivity index (χ1v) is 22.3. The van der Waals surface area contributed by atoms with E-state index in [0.717, 1.165) is 77.0 Å². The van der Waals surface area contributed by atoms with E-state index in [2.05, 4.69) is 67.0 Å². The van der Waals surface area contributed by atoms with E-state index in [-0.39, 0.29) is 19.4 Å². The number of epoxide rings is 1. The van der Waals surface area contributed by atoms with E-state index in [1.54, 1.807) is 0 Å². The second-order valence-corrected chi connectivity index (χ2v) is 15.6. The van der Waals surface area contributed by atoms with Crippen molar-refractivity contribution in [3.05, 3.63) is 48.6 Å². The lowest BCUT2D eigenvalue weighted by Crippen LogP contribution is -2.34. The van der Waals surface area contributed by atoms with Crippen molar-refractivity contribution in [1.82, 2.24) is 0 Å². The summed E-state index contributed by atoms with van der Waals surface area (Å²) in [5, 5.41) is 8.88. The number of nitrogens with two attached hydrogens (primary N) is 1. The molecule has 0 bridgehead atoms. The zero-order valence-corrected chi connectivity index (χ0v) is 34.6. The maximum Gasteiger partial charge on any atom is 0.472 e. The largest absolute Gasteiger partial charge is 0.480 e. The van der Waals surface area contributed by atoms with Gasteiger partial charge in [0.2, 0.25) is 0 Å². The first kappa shape index (κ1) is 50.4. The minimum atomic E-state index is -4.73. The molecule has 0 amide bonds. The summed E-state index contributed by atoms with van der Waals surface area (Å²) in [6, 6.07) is -1.53. The van der Waals surface area contributed by atoms with Gasteiger partial charge in [-0.05, 0) is 77.0 Å². The van der Waals surface area contributed by atoms with Crippen molar-refractivity contribution >= 4 is 25.7 Å². The number of ether oxygens (including phenoxy) is 3. The zero-order chi connectivity index (χ0) is 40.4. The molecule has 0 radical (unpaired) electrons. The fourth-order valence-electron chi connectivity index (χ4n) is 5.55. The summed E-state index contributed by atoms with van der Waals surface area (Å²) < 4.78 is 38.4. The van der Waals surface area contributed by atoms with Crippen molar-refractivity contribution in [2.45, 2.75) is 179 Å². The molecule has 0 spiro atoms. The van der Waals surface area contributed by atoms with Crippen molar-refractivity contribution < 1.29 is 52.2 Å². The van der Waals surface area contributed by atoms with Crippen LogP contribution >= 0.6 is 7.82 Å². The molecule has 13 heteroatoms. The predicted molar refractivity (Wildman–Crippen MR) is 216 cm³/mol. The van der Waals surface area contributed by atoms with Crippen LogP contribution in [0.25, 0.3) is 0 Å². The van der Waals surface area contributed by atoms with Gasteiger partial charge in [0.15, 0.2) is 6.10 Å². The first-order valence-electron chi connectivity index (χ1n) is 20.8. The lowest BCUT2D eigenvalue weighted by molar-refractivity contribution is -0.161. The monoisotopic (exact) mass is 797 g/mol. The lowest BCUT2D eigenvalue weighted by atomic mass is 10.1. The third-order valence-corrected chi connectivity index (χ3v) is 9.92. The Bertz CT molecular complexity index is 1190. The molecule has 1 heterocycles. The van der Waals surface area contributed by atoms with Gasteiger partial charge < -0.3 is 29.9 Å². The molecule has 1 saturated heterocycles. The molecule has 1 aliphatic rings. The molecule has 55 heavy (non-hydrogen) atoms. The van der Waals surface area contributed by atoms with Gasteiger partial charge in [-0.15, -0.1) is 0 Å². The van der Waals surface area contributed by atoms with Crippen molar-refractivity contribution in [2.75, 3.05) is 19.8 Å². The molecule has 0 aromatic carbocycles. The Hall–Kier alpha value is -2.60. The number of aliphatic carboxylic acids is 1. The van der Waals surface area contributed by atoms with Gasteiger partial charge in [0, 0.05) is 12.8 Å². The van der Waals surface area contributed by atoms with Gasteiger partial charge in [-0.25, -0.2) is 4.57 Å². The third-order valence-electron chi connectivity index (χ3n) is 8.97. The number of esters is 2. The first-order chi connectivity index (χ1) is 26.6. The Kier molecular flexibility index (Phi) is 30.7. The van der Waals surface area contributed by atoms with Crippen molar-refractivity contribution in [3.63, 3.8) is 0 Å². The van der Waals surface area contributed by atoms with Crippen LogP contribution in [0.4, 0.5) is 0 Å². The van der Waals surface area contributed by atoms with Crippen LogP contribution in [0.5, 0.6) is 0 Å². The molecule has 0 saturated carbocycles. The maximum absolute atomic E-state index is 12.6. The Morgan fingerprint density at radius 2 is 1.20 bits per heavy atom. The number of allylic oxidation sites excluding steroid dienone is 7. The van der Waals surface area contributed by atoms with E-state index >= 15 is 0 Å². The Balaban J connectivity index is 2.35. The van der Waals surface area contributed by atoms with Crippen LogP contribution in [0.1, 0.15) is 155 Å². The summed E-state index contributed by atoms with van der Waals surface area (Å²) in [6.45, 7) is 2.66. The number of rotatable bonds is 37. The van der Waals surface area contributed by atoms with Crippen molar-refractivity contribution in [2.24, 2.45) is 5.73 Å². The fourth-order valence-corrected chi connectivity index (χ4v) is 6.33. The Morgan fingerprint density at radius 3 is 1.84 bits per heavy atom.